The van der Waals surface area contributed by atoms with E-state index < -0.39 is 23.5 Å². The quantitative estimate of drug-likeness (QED) is 0.679. The number of methoxy groups -OCH3 is 1. The maximum absolute atomic E-state index is 15.1. The van der Waals surface area contributed by atoms with Crippen LogP contribution in [0.4, 0.5) is 13.2 Å². The molecule has 2 aromatic carbocycles. The Morgan fingerprint density at radius 1 is 1.31 bits per heavy atom. The summed E-state index contributed by atoms with van der Waals surface area (Å²) in [5.41, 5.74) is -0.985. The van der Waals surface area contributed by atoms with Gasteiger partial charge in [0.15, 0.2) is 11.6 Å². The number of aromatic amines is 1. The topological polar surface area (TPSA) is 92.9 Å². The van der Waals surface area contributed by atoms with Crippen LogP contribution in [-0.4, -0.2) is 21.9 Å². The second kappa shape index (κ2) is 8.10. The highest BCUT2D eigenvalue weighted by Crippen LogP contribution is 2.37. The molecular weight excluding hydrogens is 389 g/mol. The molecule has 1 N–H and O–H groups in total. The number of nitrogens with one attached hydrogen (secondary N) is 1. The van der Waals surface area contributed by atoms with Gasteiger partial charge in [0.25, 0.3) is 6.43 Å². The number of ether oxygens (including phenoxy) is 2. The summed E-state index contributed by atoms with van der Waals surface area (Å²) < 4.78 is 52.9. The van der Waals surface area contributed by atoms with Gasteiger partial charge in [0.1, 0.15) is 11.6 Å². The molecule has 3 aromatic rings. The zero-order chi connectivity index (χ0) is 21.1. The van der Waals surface area contributed by atoms with Crippen LogP contribution in [0.2, 0.25) is 0 Å². The standard InChI is InChI=1S/C19H15F3N4O3/c1-26-15(24-25-19(26)27)8-10-3-6-14(28-2)17(16(10)20)29-12-4-5-13(18(21)22)11(7-12)9-23/h3-7,18H,8H2,1-2H3,(H,25,27). The highest BCUT2D eigenvalue weighted by molar-refractivity contribution is 5.50. The highest BCUT2D eigenvalue weighted by Gasteiger charge is 2.20. The van der Waals surface area contributed by atoms with Gasteiger partial charge in [0.2, 0.25) is 5.75 Å². The van der Waals surface area contributed by atoms with Crippen LogP contribution in [0.15, 0.2) is 35.1 Å². The molecule has 0 bridgehead atoms. The van der Waals surface area contributed by atoms with Crippen LogP contribution >= 0.6 is 0 Å². The van der Waals surface area contributed by atoms with Crippen molar-refractivity contribution < 1.29 is 22.6 Å². The van der Waals surface area contributed by atoms with Crippen molar-refractivity contribution in [2.75, 3.05) is 7.11 Å². The maximum atomic E-state index is 15.1. The smallest absolute Gasteiger partial charge is 0.343 e. The number of rotatable bonds is 6. The molecule has 0 saturated carbocycles. The Morgan fingerprint density at radius 2 is 2.07 bits per heavy atom. The van der Waals surface area contributed by atoms with E-state index in [2.05, 4.69) is 10.2 Å². The predicted octanol–water partition coefficient (Wildman–Crippen LogP) is 3.45. The number of aromatic nitrogens is 3. The van der Waals surface area contributed by atoms with Crippen molar-refractivity contribution >= 4 is 0 Å². The van der Waals surface area contributed by atoms with Crippen molar-refractivity contribution in [3.8, 4) is 23.3 Å². The normalized spacial score (nSPS) is 10.8. The lowest BCUT2D eigenvalue weighted by molar-refractivity contribution is 0.151. The molecule has 0 saturated heterocycles. The van der Waals surface area contributed by atoms with E-state index in [-0.39, 0.29) is 34.8 Å². The number of halogens is 3. The first-order chi connectivity index (χ1) is 13.8. The zero-order valence-electron chi connectivity index (χ0n) is 15.4. The summed E-state index contributed by atoms with van der Waals surface area (Å²) in [5, 5.41) is 15.2. The maximum Gasteiger partial charge on any atom is 0.343 e. The van der Waals surface area contributed by atoms with Gasteiger partial charge in [-0.2, -0.15) is 10.4 Å². The third-order valence-electron chi connectivity index (χ3n) is 4.28. The van der Waals surface area contributed by atoms with Crippen LogP contribution in [0.5, 0.6) is 17.2 Å². The summed E-state index contributed by atoms with van der Waals surface area (Å²) >= 11 is 0. The van der Waals surface area contributed by atoms with Crippen molar-refractivity contribution in [2.24, 2.45) is 7.05 Å². The minimum atomic E-state index is -2.83. The Hall–Kier alpha value is -3.74. The average molecular weight is 404 g/mol. The Bertz CT molecular complexity index is 1150. The molecule has 29 heavy (non-hydrogen) atoms. The van der Waals surface area contributed by atoms with E-state index in [0.29, 0.717) is 5.82 Å². The van der Waals surface area contributed by atoms with Crippen molar-refractivity contribution in [1.29, 1.82) is 5.26 Å². The summed E-state index contributed by atoms with van der Waals surface area (Å²) in [5.74, 6) is -0.681. The molecule has 7 nitrogen and oxygen atoms in total. The van der Waals surface area contributed by atoms with Gasteiger partial charge in [-0.1, -0.05) is 6.07 Å². The fourth-order valence-electron chi connectivity index (χ4n) is 2.68. The third-order valence-corrected chi connectivity index (χ3v) is 4.28. The first-order valence-electron chi connectivity index (χ1n) is 8.31. The van der Waals surface area contributed by atoms with Crippen molar-refractivity contribution in [1.82, 2.24) is 14.8 Å². The number of alkyl halides is 2. The number of benzene rings is 2. The van der Waals surface area contributed by atoms with E-state index in [1.54, 1.807) is 6.07 Å². The lowest BCUT2D eigenvalue weighted by Crippen LogP contribution is -2.15. The fourth-order valence-corrected chi connectivity index (χ4v) is 2.68. The molecule has 10 heteroatoms. The minimum Gasteiger partial charge on any atom is -0.493 e. The number of hydrogen-bond donors (Lipinski definition) is 1. The van der Waals surface area contributed by atoms with Gasteiger partial charge >= 0.3 is 5.69 Å². The summed E-state index contributed by atoms with van der Waals surface area (Å²) in [6.07, 6.45) is -2.83. The number of H-pyrrole nitrogens is 1. The van der Waals surface area contributed by atoms with Crippen LogP contribution in [0.1, 0.15) is 28.9 Å². The first kappa shape index (κ1) is 20.0. The molecule has 1 aromatic heterocycles. The van der Waals surface area contributed by atoms with Gasteiger partial charge in [0, 0.05) is 19.0 Å². The van der Waals surface area contributed by atoms with Crippen LogP contribution in [0.3, 0.4) is 0 Å². The second-order valence-electron chi connectivity index (χ2n) is 6.01. The monoisotopic (exact) mass is 404 g/mol. The van der Waals surface area contributed by atoms with Gasteiger partial charge in [-0.05, 0) is 29.8 Å². The third kappa shape index (κ3) is 3.94. The Morgan fingerprint density at radius 3 is 2.66 bits per heavy atom. The van der Waals surface area contributed by atoms with E-state index in [1.807, 2.05) is 0 Å². The summed E-state index contributed by atoms with van der Waals surface area (Å²) in [4.78, 5) is 11.5. The first-order valence-corrected chi connectivity index (χ1v) is 8.31. The molecule has 0 atom stereocenters. The Kier molecular flexibility index (Phi) is 5.59. The molecule has 0 aliphatic rings. The molecule has 1 heterocycles. The molecule has 0 fully saturated rings. The summed E-state index contributed by atoms with van der Waals surface area (Å²) in [6.45, 7) is 0. The lowest BCUT2D eigenvalue weighted by Gasteiger charge is -2.14. The van der Waals surface area contributed by atoms with Crippen LogP contribution in [-0.2, 0) is 13.5 Å². The molecule has 0 unspecified atom stereocenters. The molecule has 3 rings (SSSR count). The Labute approximate surface area is 162 Å². The Balaban J connectivity index is 1.99. The van der Waals surface area contributed by atoms with Crippen LogP contribution < -0.4 is 15.2 Å². The largest absolute Gasteiger partial charge is 0.493 e. The second-order valence-corrected chi connectivity index (χ2v) is 6.01. The zero-order valence-corrected chi connectivity index (χ0v) is 15.4. The van der Waals surface area contributed by atoms with E-state index in [9.17, 15) is 13.6 Å². The predicted molar refractivity (Wildman–Crippen MR) is 95.8 cm³/mol. The molecular formula is C19H15F3N4O3. The van der Waals surface area contributed by atoms with E-state index in [0.717, 1.165) is 12.1 Å². The molecule has 0 spiro atoms. The van der Waals surface area contributed by atoms with E-state index in [1.165, 1.54) is 36.9 Å². The van der Waals surface area contributed by atoms with E-state index in [4.69, 9.17) is 14.7 Å². The van der Waals surface area contributed by atoms with E-state index >= 15 is 4.39 Å². The fraction of sp³-hybridized carbons (Fsp3) is 0.211. The molecule has 0 aliphatic carbocycles. The average Bonchev–Trinajstić information content (AvgIpc) is 3.02. The number of nitriles is 1. The van der Waals surface area contributed by atoms with Gasteiger partial charge < -0.3 is 9.47 Å². The highest BCUT2D eigenvalue weighted by atomic mass is 19.3. The molecule has 0 amide bonds. The van der Waals surface area contributed by atoms with Gasteiger partial charge in [-0.25, -0.2) is 23.1 Å². The molecule has 0 aliphatic heterocycles. The van der Waals surface area contributed by atoms with Crippen LogP contribution in [0.25, 0.3) is 0 Å². The summed E-state index contributed by atoms with van der Waals surface area (Å²) in [7, 11) is 2.81. The van der Waals surface area contributed by atoms with Gasteiger partial charge in [-0.15, -0.1) is 0 Å². The van der Waals surface area contributed by atoms with Crippen LogP contribution in [0, 0.1) is 17.1 Å². The van der Waals surface area contributed by atoms with Crippen molar-refractivity contribution in [3.63, 3.8) is 0 Å². The van der Waals surface area contributed by atoms with Gasteiger partial charge in [-0.3, -0.25) is 4.57 Å². The molecule has 0 radical (unpaired) electrons. The lowest BCUT2D eigenvalue weighted by atomic mass is 10.1. The number of hydrogen-bond acceptors (Lipinski definition) is 5. The van der Waals surface area contributed by atoms with Gasteiger partial charge in [0.05, 0.1) is 18.7 Å². The van der Waals surface area contributed by atoms with Crippen molar-refractivity contribution in [2.45, 2.75) is 12.8 Å². The number of nitrogens with zero attached hydrogens (tertiary/aromatic N) is 3. The SMILES string of the molecule is COc1ccc(Cc2n[nH]c(=O)n2C)c(F)c1Oc1ccc(C(F)F)c(C#N)c1. The summed E-state index contributed by atoms with van der Waals surface area (Å²) in [6, 6.07) is 7.96. The molecule has 150 valence electrons. The minimum absolute atomic E-state index is 0.00477. The van der Waals surface area contributed by atoms with Crippen molar-refractivity contribution in [3.05, 3.63) is 69.1 Å².